The van der Waals surface area contributed by atoms with Crippen molar-refractivity contribution in [1.82, 2.24) is 19.7 Å². The summed E-state index contributed by atoms with van der Waals surface area (Å²) in [5.41, 5.74) is 2.30. The summed E-state index contributed by atoms with van der Waals surface area (Å²) < 4.78 is 6.47. The standard InChI is InChI=1S/C22H19N5O4/c1-12-19(21(30)27(25-12)22-23-16-8-3-4-9-17(16)24-22)15-11-18(28)26(20(15)29)13-6-5-7-14(10-13)31-2/h3-10,15,25H,11H2,1-2H3,(H,23,24). The molecular formula is C22H19N5O4. The molecule has 1 saturated heterocycles. The number of carbonyl (C=O) groups is 2. The van der Waals surface area contributed by atoms with Gasteiger partial charge < -0.3 is 9.72 Å². The van der Waals surface area contributed by atoms with Crippen LogP contribution in [0.1, 0.15) is 23.6 Å². The van der Waals surface area contributed by atoms with Crippen molar-refractivity contribution in [3.05, 3.63) is 70.1 Å². The molecule has 9 nitrogen and oxygen atoms in total. The maximum Gasteiger partial charge on any atom is 0.278 e. The molecule has 2 aromatic carbocycles. The van der Waals surface area contributed by atoms with Crippen LogP contribution in [0.3, 0.4) is 0 Å². The van der Waals surface area contributed by atoms with E-state index in [1.54, 1.807) is 31.2 Å². The molecule has 1 atom stereocenters. The second kappa shape index (κ2) is 6.98. The Kier molecular flexibility index (Phi) is 4.25. The number of fused-ring (bicyclic) bond motifs is 1. The van der Waals surface area contributed by atoms with E-state index in [9.17, 15) is 14.4 Å². The van der Waals surface area contributed by atoms with Crippen LogP contribution in [0.25, 0.3) is 17.0 Å². The predicted octanol–water partition coefficient (Wildman–Crippen LogP) is 2.41. The molecule has 2 amide bonds. The molecule has 3 heterocycles. The minimum absolute atomic E-state index is 0.0793. The van der Waals surface area contributed by atoms with E-state index < -0.39 is 17.4 Å². The lowest BCUT2D eigenvalue weighted by atomic mass is 9.98. The Morgan fingerprint density at radius 3 is 2.68 bits per heavy atom. The number of carbonyl (C=O) groups excluding carboxylic acids is 2. The maximum absolute atomic E-state index is 13.2. The van der Waals surface area contributed by atoms with E-state index in [4.69, 9.17) is 4.74 Å². The van der Waals surface area contributed by atoms with Gasteiger partial charge in [0.15, 0.2) is 0 Å². The Morgan fingerprint density at radius 2 is 1.90 bits per heavy atom. The molecule has 1 aliphatic heterocycles. The van der Waals surface area contributed by atoms with Crippen molar-refractivity contribution in [1.29, 1.82) is 0 Å². The molecular weight excluding hydrogens is 398 g/mol. The average molecular weight is 417 g/mol. The van der Waals surface area contributed by atoms with Crippen molar-refractivity contribution >= 4 is 28.5 Å². The highest BCUT2D eigenvalue weighted by Gasteiger charge is 2.43. The van der Waals surface area contributed by atoms with E-state index in [0.29, 0.717) is 23.1 Å². The fraction of sp³-hybridized carbons (Fsp3) is 0.182. The molecule has 1 unspecified atom stereocenters. The van der Waals surface area contributed by atoms with Gasteiger partial charge in [0, 0.05) is 18.2 Å². The summed E-state index contributed by atoms with van der Waals surface area (Å²) in [4.78, 5) is 47.8. The van der Waals surface area contributed by atoms with Crippen LogP contribution in [-0.4, -0.2) is 38.7 Å². The van der Waals surface area contributed by atoms with E-state index in [-0.39, 0.29) is 17.9 Å². The van der Waals surface area contributed by atoms with Gasteiger partial charge in [-0.05, 0) is 31.2 Å². The summed E-state index contributed by atoms with van der Waals surface area (Å²) in [7, 11) is 1.51. The first-order chi connectivity index (χ1) is 15.0. The summed E-state index contributed by atoms with van der Waals surface area (Å²) >= 11 is 0. The molecule has 0 aliphatic carbocycles. The first-order valence-electron chi connectivity index (χ1n) is 9.75. The second-order valence-electron chi connectivity index (χ2n) is 7.39. The third-order valence-electron chi connectivity index (χ3n) is 5.51. The topological polar surface area (TPSA) is 113 Å². The zero-order valence-corrected chi connectivity index (χ0v) is 16.9. The first-order valence-corrected chi connectivity index (χ1v) is 9.75. The Morgan fingerprint density at radius 1 is 1.10 bits per heavy atom. The lowest BCUT2D eigenvalue weighted by molar-refractivity contribution is -0.121. The summed E-state index contributed by atoms with van der Waals surface area (Å²) in [5, 5.41) is 2.98. The number of imide groups is 1. The number of aromatic nitrogens is 4. The molecule has 1 aliphatic rings. The van der Waals surface area contributed by atoms with E-state index >= 15 is 0 Å². The van der Waals surface area contributed by atoms with Gasteiger partial charge in [-0.2, -0.15) is 4.68 Å². The highest BCUT2D eigenvalue weighted by molar-refractivity contribution is 6.22. The number of nitrogens with zero attached hydrogens (tertiary/aromatic N) is 3. The molecule has 2 aromatic heterocycles. The molecule has 0 spiro atoms. The number of nitrogens with one attached hydrogen (secondary N) is 2. The van der Waals surface area contributed by atoms with Gasteiger partial charge in [0.2, 0.25) is 17.8 Å². The normalized spacial score (nSPS) is 16.5. The zero-order valence-electron chi connectivity index (χ0n) is 16.9. The van der Waals surface area contributed by atoms with Crippen LogP contribution in [0.2, 0.25) is 0 Å². The maximum atomic E-state index is 13.2. The largest absolute Gasteiger partial charge is 0.497 e. The SMILES string of the molecule is COc1cccc(N2C(=O)CC(c3c(C)[nH]n(-c4nc5ccccc5[nH]4)c3=O)C2=O)c1. The third kappa shape index (κ3) is 2.93. The number of rotatable bonds is 4. The van der Waals surface area contributed by atoms with Crippen molar-refractivity contribution in [3.8, 4) is 11.7 Å². The Labute approximate surface area is 176 Å². The number of benzene rings is 2. The lowest BCUT2D eigenvalue weighted by Gasteiger charge is -2.15. The highest BCUT2D eigenvalue weighted by atomic mass is 16.5. The fourth-order valence-electron chi connectivity index (χ4n) is 4.04. The molecule has 1 fully saturated rings. The number of H-pyrrole nitrogens is 2. The summed E-state index contributed by atoms with van der Waals surface area (Å²) in [6.45, 7) is 1.71. The number of amides is 2. The number of methoxy groups -OCH3 is 1. The van der Waals surface area contributed by atoms with Crippen LogP contribution in [0.4, 0.5) is 5.69 Å². The smallest absolute Gasteiger partial charge is 0.278 e. The van der Waals surface area contributed by atoms with Gasteiger partial charge in [0.1, 0.15) is 5.75 Å². The van der Waals surface area contributed by atoms with Gasteiger partial charge in [-0.25, -0.2) is 9.88 Å². The molecule has 2 N–H and O–H groups in total. The number of imidazole rings is 1. The van der Waals surface area contributed by atoms with Crippen LogP contribution < -0.4 is 15.2 Å². The van der Waals surface area contributed by atoms with Crippen LogP contribution in [-0.2, 0) is 9.59 Å². The molecule has 156 valence electrons. The van der Waals surface area contributed by atoms with Crippen LogP contribution >= 0.6 is 0 Å². The minimum Gasteiger partial charge on any atom is -0.497 e. The number of hydrogen-bond acceptors (Lipinski definition) is 5. The van der Waals surface area contributed by atoms with Crippen molar-refractivity contribution < 1.29 is 14.3 Å². The summed E-state index contributed by atoms with van der Waals surface area (Å²) in [6.07, 6.45) is -0.0793. The lowest BCUT2D eigenvalue weighted by Crippen LogP contribution is -2.31. The second-order valence-corrected chi connectivity index (χ2v) is 7.39. The van der Waals surface area contributed by atoms with Crippen LogP contribution in [0, 0.1) is 6.92 Å². The zero-order chi connectivity index (χ0) is 21.7. The Balaban J connectivity index is 1.54. The Hall–Kier alpha value is -4.14. The number of para-hydroxylation sites is 2. The van der Waals surface area contributed by atoms with Crippen molar-refractivity contribution in [2.45, 2.75) is 19.3 Å². The van der Waals surface area contributed by atoms with Gasteiger partial charge in [0.05, 0.1) is 35.3 Å². The number of aryl methyl sites for hydroxylation is 1. The van der Waals surface area contributed by atoms with E-state index in [0.717, 1.165) is 15.9 Å². The number of hydrogen-bond donors (Lipinski definition) is 2. The van der Waals surface area contributed by atoms with E-state index in [1.807, 2.05) is 24.3 Å². The molecule has 0 radical (unpaired) electrons. The quantitative estimate of drug-likeness (QED) is 0.495. The monoisotopic (exact) mass is 417 g/mol. The first kappa shape index (κ1) is 18.9. The average Bonchev–Trinajstić information content (AvgIpc) is 3.41. The number of ether oxygens (including phenoxy) is 1. The van der Waals surface area contributed by atoms with Gasteiger partial charge in [0.25, 0.3) is 5.56 Å². The van der Waals surface area contributed by atoms with Gasteiger partial charge in [-0.15, -0.1) is 0 Å². The summed E-state index contributed by atoms with van der Waals surface area (Å²) in [5.74, 6) is -0.811. The molecule has 9 heteroatoms. The van der Waals surface area contributed by atoms with E-state index in [2.05, 4.69) is 15.1 Å². The van der Waals surface area contributed by atoms with Crippen LogP contribution in [0.15, 0.2) is 53.3 Å². The van der Waals surface area contributed by atoms with Gasteiger partial charge >= 0.3 is 0 Å². The van der Waals surface area contributed by atoms with Crippen molar-refractivity contribution in [3.63, 3.8) is 0 Å². The molecule has 0 saturated carbocycles. The van der Waals surface area contributed by atoms with Crippen molar-refractivity contribution in [2.24, 2.45) is 0 Å². The summed E-state index contributed by atoms with van der Waals surface area (Å²) in [6, 6.07) is 14.1. The van der Waals surface area contributed by atoms with E-state index in [1.165, 1.54) is 11.8 Å². The molecule has 0 bridgehead atoms. The fourth-order valence-corrected chi connectivity index (χ4v) is 4.04. The molecule has 31 heavy (non-hydrogen) atoms. The van der Waals surface area contributed by atoms with Gasteiger partial charge in [-0.1, -0.05) is 18.2 Å². The third-order valence-corrected chi connectivity index (χ3v) is 5.51. The van der Waals surface area contributed by atoms with Gasteiger partial charge in [-0.3, -0.25) is 19.5 Å². The Bertz CT molecular complexity index is 1360. The molecule has 5 rings (SSSR count). The highest BCUT2D eigenvalue weighted by Crippen LogP contribution is 2.34. The number of anilines is 1. The van der Waals surface area contributed by atoms with Crippen LogP contribution in [0.5, 0.6) is 5.75 Å². The number of aromatic amines is 2. The minimum atomic E-state index is -0.868. The van der Waals surface area contributed by atoms with Crippen molar-refractivity contribution in [2.75, 3.05) is 12.0 Å². The predicted molar refractivity (Wildman–Crippen MR) is 114 cm³/mol. The molecule has 4 aromatic rings.